The Kier molecular flexibility index (Phi) is 4.25. The molecule has 0 aliphatic carbocycles. The van der Waals surface area contributed by atoms with E-state index < -0.39 is 10.0 Å². The Hall–Kier alpha value is -0.950. The molecule has 0 amide bonds. The molecule has 1 saturated heterocycles. The predicted octanol–water partition coefficient (Wildman–Crippen LogP) is 0.863. The third kappa shape index (κ3) is 2.97. The molecular formula is C13H20N2O3S. The molecule has 0 saturated carbocycles. The lowest BCUT2D eigenvalue weighted by molar-refractivity contribution is 0.0102. The van der Waals surface area contributed by atoms with Crippen LogP contribution in [0, 0.1) is 6.92 Å². The van der Waals surface area contributed by atoms with Crippen LogP contribution >= 0.6 is 0 Å². The van der Waals surface area contributed by atoms with Crippen LogP contribution in [0.3, 0.4) is 0 Å². The molecule has 1 atom stereocenters. The lowest BCUT2D eigenvalue weighted by Crippen LogP contribution is -2.44. The molecule has 2 rings (SSSR count). The number of hydrogen-bond acceptors (Lipinski definition) is 4. The van der Waals surface area contributed by atoms with Crippen molar-refractivity contribution in [1.29, 1.82) is 0 Å². The highest BCUT2D eigenvalue weighted by Crippen LogP contribution is 2.21. The van der Waals surface area contributed by atoms with Gasteiger partial charge < -0.3 is 10.5 Å². The minimum absolute atomic E-state index is 0.0621. The molecule has 1 aliphatic heterocycles. The van der Waals surface area contributed by atoms with Crippen molar-refractivity contribution < 1.29 is 13.2 Å². The van der Waals surface area contributed by atoms with Gasteiger partial charge in [-0.3, -0.25) is 0 Å². The van der Waals surface area contributed by atoms with Crippen molar-refractivity contribution in [3.8, 4) is 0 Å². The highest BCUT2D eigenvalue weighted by Gasteiger charge is 2.29. The zero-order valence-corrected chi connectivity index (χ0v) is 12.1. The number of benzene rings is 1. The van der Waals surface area contributed by atoms with Gasteiger partial charge in [0, 0.05) is 19.6 Å². The van der Waals surface area contributed by atoms with Gasteiger partial charge in [0.1, 0.15) is 0 Å². The molecule has 0 spiro atoms. The number of sulfonamides is 1. The number of nitrogens with two attached hydrogens (primary N) is 1. The van der Waals surface area contributed by atoms with Gasteiger partial charge in [-0.05, 0) is 37.1 Å². The Morgan fingerprint density at radius 1 is 1.47 bits per heavy atom. The maximum atomic E-state index is 12.5. The third-order valence-corrected chi connectivity index (χ3v) is 5.24. The molecule has 1 unspecified atom stereocenters. The van der Waals surface area contributed by atoms with E-state index in [1.165, 1.54) is 4.31 Å². The number of hydrogen-bond donors (Lipinski definition) is 1. The van der Waals surface area contributed by atoms with E-state index in [9.17, 15) is 8.42 Å². The largest absolute Gasteiger partial charge is 0.376 e. The van der Waals surface area contributed by atoms with Gasteiger partial charge in [0.15, 0.2) is 0 Å². The van der Waals surface area contributed by atoms with Crippen molar-refractivity contribution in [3.05, 3.63) is 29.3 Å². The summed E-state index contributed by atoms with van der Waals surface area (Å²) in [6, 6.07) is 5.11. The lowest BCUT2D eigenvalue weighted by atomic mass is 10.1. The van der Waals surface area contributed by atoms with Gasteiger partial charge in [0.25, 0.3) is 0 Å². The second-order valence-corrected chi connectivity index (χ2v) is 6.77. The summed E-state index contributed by atoms with van der Waals surface area (Å²) < 4.78 is 31.9. The Bertz CT molecular complexity index is 557. The molecule has 19 heavy (non-hydrogen) atoms. The first kappa shape index (κ1) is 14.5. The first-order chi connectivity index (χ1) is 8.95. The van der Waals surface area contributed by atoms with Crippen molar-refractivity contribution in [2.75, 3.05) is 19.7 Å². The fourth-order valence-corrected chi connectivity index (χ4v) is 3.80. The molecule has 1 aliphatic rings. The van der Waals surface area contributed by atoms with Gasteiger partial charge in [0.2, 0.25) is 10.0 Å². The van der Waals surface area contributed by atoms with Gasteiger partial charge in [-0.25, -0.2) is 8.42 Å². The van der Waals surface area contributed by atoms with Crippen molar-refractivity contribution in [2.45, 2.75) is 31.4 Å². The molecular weight excluding hydrogens is 264 g/mol. The molecule has 5 nitrogen and oxygen atoms in total. The first-order valence-corrected chi connectivity index (χ1v) is 7.80. The second kappa shape index (κ2) is 5.58. The number of aryl methyl sites for hydroxylation is 1. The molecule has 0 aromatic heterocycles. The van der Waals surface area contributed by atoms with E-state index in [0.29, 0.717) is 31.1 Å². The van der Waals surface area contributed by atoms with Crippen LogP contribution < -0.4 is 5.73 Å². The fourth-order valence-electron chi connectivity index (χ4n) is 2.21. The van der Waals surface area contributed by atoms with Crippen LogP contribution in [0.15, 0.2) is 23.1 Å². The molecule has 0 radical (unpaired) electrons. The molecule has 2 N–H and O–H groups in total. The zero-order valence-electron chi connectivity index (χ0n) is 11.3. The van der Waals surface area contributed by atoms with Gasteiger partial charge in [0.05, 0.1) is 17.6 Å². The summed E-state index contributed by atoms with van der Waals surface area (Å²) in [6.07, 6.45) is -0.0621. The van der Waals surface area contributed by atoms with Crippen molar-refractivity contribution in [2.24, 2.45) is 5.73 Å². The molecule has 1 fully saturated rings. The second-order valence-electron chi connectivity index (χ2n) is 4.84. The molecule has 0 bridgehead atoms. The summed E-state index contributed by atoms with van der Waals surface area (Å²) in [5.41, 5.74) is 7.47. The summed E-state index contributed by atoms with van der Waals surface area (Å²) >= 11 is 0. The Morgan fingerprint density at radius 2 is 2.21 bits per heavy atom. The summed E-state index contributed by atoms with van der Waals surface area (Å²) in [7, 11) is -3.43. The highest BCUT2D eigenvalue weighted by molar-refractivity contribution is 7.89. The number of morpholine rings is 1. The van der Waals surface area contributed by atoms with Crippen LogP contribution in [0.5, 0.6) is 0 Å². The third-order valence-electron chi connectivity index (χ3n) is 3.38. The van der Waals surface area contributed by atoms with E-state index >= 15 is 0 Å². The minimum atomic E-state index is -3.43. The fraction of sp³-hybridized carbons (Fsp3) is 0.538. The smallest absolute Gasteiger partial charge is 0.243 e. The molecule has 1 heterocycles. The van der Waals surface area contributed by atoms with Crippen LogP contribution in [-0.4, -0.2) is 38.5 Å². The highest BCUT2D eigenvalue weighted by atomic mass is 32.2. The maximum Gasteiger partial charge on any atom is 0.243 e. The SMILES string of the molecule is Cc1cc(S(=O)(=O)N2CCOC(C)C2)ccc1CN. The lowest BCUT2D eigenvalue weighted by Gasteiger charge is -2.30. The standard InChI is InChI=1S/C13H20N2O3S/c1-10-7-13(4-3-12(10)8-14)19(16,17)15-5-6-18-11(2)9-15/h3-4,7,11H,5-6,8-9,14H2,1-2H3. The number of ether oxygens (including phenoxy) is 1. The topological polar surface area (TPSA) is 72.6 Å². The monoisotopic (exact) mass is 284 g/mol. The van der Waals surface area contributed by atoms with Gasteiger partial charge >= 0.3 is 0 Å². The van der Waals surface area contributed by atoms with Gasteiger partial charge in [-0.1, -0.05) is 6.07 Å². The summed E-state index contributed by atoms with van der Waals surface area (Å²) in [4.78, 5) is 0.330. The van der Waals surface area contributed by atoms with E-state index in [1.807, 2.05) is 13.8 Å². The van der Waals surface area contributed by atoms with Crippen molar-refractivity contribution in [1.82, 2.24) is 4.31 Å². The van der Waals surface area contributed by atoms with Crippen LogP contribution in [0.1, 0.15) is 18.1 Å². The van der Waals surface area contributed by atoms with Crippen molar-refractivity contribution >= 4 is 10.0 Å². The molecule has 1 aromatic carbocycles. The van der Waals surface area contributed by atoms with Crippen molar-refractivity contribution in [3.63, 3.8) is 0 Å². The number of rotatable bonds is 3. The van der Waals surface area contributed by atoms with E-state index in [2.05, 4.69) is 0 Å². The minimum Gasteiger partial charge on any atom is -0.376 e. The quantitative estimate of drug-likeness (QED) is 0.893. The normalized spacial score (nSPS) is 21.5. The van der Waals surface area contributed by atoms with Crippen LogP contribution in [-0.2, 0) is 21.3 Å². The molecule has 6 heteroatoms. The maximum absolute atomic E-state index is 12.5. The molecule has 1 aromatic rings. The number of nitrogens with zero attached hydrogens (tertiary/aromatic N) is 1. The van der Waals surface area contributed by atoms with Crippen LogP contribution in [0.25, 0.3) is 0 Å². The van der Waals surface area contributed by atoms with E-state index in [4.69, 9.17) is 10.5 Å². The van der Waals surface area contributed by atoms with E-state index in [1.54, 1.807) is 18.2 Å². The Labute approximate surface area is 114 Å². The zero-order chi connectivity index (χ0) is 14.0. The summed E-state index contributed by atoms with van der Waals surface area (Å²) in [5, 5.41) is 0. The molecule has 106 valence electrons. The van der Waals surface area contributed by atoms with E-state index in [0.717, 1.165) is 11.1 Å². The van der Waals surface area contributed by atoms with E-state index in [-0.39, 0.29) is 6.10 Å². The van der Waals surface area contributed by atoms with Crippen LogP contribution in [0.4, 0.5) is 0 Å². The average Bonchev–Trinajstić information content (AvgIpc) is 2.38. The first-order valence-electron chi connectivity index (χ1n) is 6.36. The Morgan fingerprint density at radius 3 is 2.79 bits per heavy atom. The van der Waals surface area contributed by atoms with Crippen LogP contribution in [0.2, 0.25) is 0 Å². The predicted molar refractivity (Wildman–Crippen MR) is 73.2 cm³/mol. The van der Waals surface area contributed by atoms with Gasteiger partial charge in [-0.2, -0.15) is 4.31 Å². The Balaban J connectivity index is 2.31. The summed E-state index contributed by atoms with van der Waals surface area (Å²) in [6.45, 7) is 5.43. The average molecular weight is 284 g/mol. The summed E-state index contributed by atoms with van der Waals surface area (Å²) in [5.74, 6) is 0. The van der Waals surface area contributed by atoms with Gasteiger partial charge in [-0.15, -0.1) is 0 Å².